The first-order valence-electron chi connectivity index (χ1n) is 8.05. The monoisotopic (exact) mass is 360 g/mol. The normalized spacial score (nSPS) is 29.6. The molecule has 0 N–H and O–H groups in total. The number of halogens is 3. The number of hydrogen-bond donors (Lipinski definition) is 0. The first kappa shape index (κ1) is 16.9. The highest BCUT2D eigenvalue weighted by Crippen LogP contribution is 2.50. The van der Waals surface area contributed by atoms with Crippen LogP contribution in [0.4, 0.5) is 4.39 Å². The van der Waals surface area contributed by atoms with Crippen molar-refractivity contribution in [1.82, 2.24) is 9.97 Å². The van der Waals surface area contributed by atoms with Crippen molar-refractivity contribution in [3.8, 4) is 0 Å². The number of rotatable bonds is 4. The van der Waals surface area contributed by atoms with Crippen LogP contribution in [0, 0.1) is 29.5 Å². The zero-order chi connectivity index (χ0) is 16.6. The SMILES string of the molecule is CCOC(=O)[C@H]1C2CCC(CC2)[C@@H]1Cc1nc(Cl)nc(Cl)c1F. The Balaban J connectivity index is 1.88. The van der Waals surface area contributed by atoms with Crippen LogP contribution in [0.5, 0.6) is 0 Å². The Hall–Kier alpha value is -0.940. The van der Waals surface area contributed by atoms with Crippen molar-refractivity contribution in [2.75, 3.05) is 6.61 Å². The second-order valence-electron chi connectivity index (χ2n) is 6.36. The number of hydrogen-bond acceptors (Lipinski definition) is 4. The fraction of sp³-hybridized carbons (Fsp3) is 0.688. The van der Waals surface area contributed by atoms with Crippen molar-refractivity contribution in [3.05, 3.63) is 21.9 Å². The number of carbonyl (C=O) groups is 1. The molecule has 0 saturated heterocycles. The van der Waals surface area contributed by atoms with E-state index in [1.165, 1.54) is 0 Å². The van der Waals surface area contributed by atoms with Gasteiger partial charge in [-0.3, -0.25) is 4.79 Å². The van der Waals surface area contributed by atoms with E-state index in [4.69, 9.17) is 27.9 Å². The average Bonchev–Trinajstić information content (AvgIpc) is 2.53. The molecular formula is C16H19Cl2FN2O2. The van der Waals surface area contributed by atoms with Crippen LogP contribution in [0.1, 0.15) is 38.3 Å². The summed E-state index contributed by atoms with van der Waals surface area (Å²) in [6, 6.07) is 0. The lowest BCUT2D eigenvalue weighted by atomic mass is 9.57. The summed E-state index contributed by atoms with van der Waals surface area (Å²) in [6.45, 7) is 2.16. The van der Waals surface area contributed by atoms with Gasteiger partial charge in [0.15, 0.2) is 11.0 Å². The molecule has 0 unspecified atom stereocenters. The van der Waals surface area contributed by atoms with Crippen molar-refractivity contribution in [2.45, 2.75) is 39.0 Å². The fourth-order valence-electron chi connectivity index (χ4n) is 4.27. The van der Waals surface area contributed by atoms with E-state index in [9.17, 15) is 9.18 Å². The fourth-order valence-corrected chi connectivity index (χ4v) is 4.69. The Kier molecular flexibility index (Phi) is 5.07. The summed E-state index contributed by atoms with van der Waals surface area (Å²) in [6.07, 6.45) is 4.56. The van der Waals surface area contributed by atoms with Gasteiger partial charge in [0.2, 0.25) is 5.28 Å². The van der Waals surface area contributed by atoms with Crippen LogP contribution >= 0.6 is 23.2 Å². The van der Waals surface area contributed by atoms with Gasteiger partial charge in [0.1, 0.15) is 0 Å². The van der Waals surface area contributed by atoms with Gasteiger partial charge in [-0.05, 0) is 68.4 Å². The molecule has 23 heavy (non-hydrogen) atoms. The molecule has 4 nitrogen and oxygen atoms in total. The van der Waals surface area contributed by atoms with Gasteiger partial charge in [-0.2, -0.15) is 0 Å². The zero-order valence-corrected chi connectivity index (χ0v) is 14.4. The molecule has 1 aromatic heterocycles. The van der Waals surface area contributed by atoms with Gasteiger partial charge in [-0.25, -0.2) is 14.4 Å². The zero-order valence-electron chi connectivity index (χ0n) is 12.9. The van der Waals surface area contributed by atoms with Crippen molar-refractivity contribution in [2.24, 2.45) is 23.7 Å². The van der Waals surface area contributed by atoms with Gasteiger partial charge in [0.05, 0.1) is 18.2 Å². The van der Waals surface area contributed by atoms with Crippen molar-refractivity contribution in [1.29, 1.82) is 0 Å². The third-order valence-electron chi connectivity index (χ3n) is 5.23. The van der Waals surface area contributed by atoms with E-state index in [2.05, 4.69) is 9.97 Å². The molecule has 0 spiro atoms. The van der Waals surface area contributed by atoms with Gasteiger partial charge < -0.3 is 4.74 Å². The molecule has 0 radical (unpaired) electrons. The van der Waals surface area contributed by atoms with Crippen LogP contribution in [0.2, 0.25) is 10.4 Å². The van der Waals surface area contributed by atoms with Gasteiger partial charge in [-0.1, -0.05) is 11.6 Å². The highest BCUT2D eigenvalue weighted by atomic mass is 35.5. The maximum absolute atomic E-state index is 14.2. The van der Waals surface area contributed by atoms with Crippen LogP contribution in [-0.4, -0.2) is 22.5 Å². The second kappa shape index (κ2) is 6.89. The summed E-state index contributed by atoms with van der Waals surface area (Å²) in [7, 11) is 0. The molecule has 126 valence electrons. The van der Waals surface area contributed by atoms with Crippen LogP contribution in [0.25, 0.3) is 0 Å². The molecule has 3 aliphatic carbocycles. The Labute approximate surface area is 144 Å². The minimum Gasteiger partial charge on any atom is -0.466 e. The van der Waals surface area contributed by atoms with Gasteiger partial charge in [-0.15, -0.1) is 0 Å². The highest BCUT2D eigenvalue weighted by molar-refractivity contribution is 6.31. The Bertz CT molecular complexity index is 606. The van der Waals surface area contributed by atoms with Crippen LogP contribution in [-0.2, 0) is 16.0 Å². The van der Waals surface area contributed by atoms with Crippen molar-refractivity contribution >= 4 is 29.2 Å². The Morgan fingerprint density at radius 1 is 1.22 bits per heavy atom. The number of aromatic nitrogens is 2. The Morgan fingerprint density at radius 2 is 1.87 bits per heavy atom. The smallest absolute Gasteiger partial charge is 0.309 e. The van der Waals surface area contributed by atoms with Gasteiger partial charge in [0, 0.05) is 0 Å². The quantitative estimate of drug-likeness (QED) is 0.461. The molecule has 2 bridgehead atoms. The van der Waals surface area contributed by atoms with Gasteiger partial charge >= 0.3 is 5.97 Å². The lowest BCUT2D eigenvalue weighted by molar-refractivity contribution is -0.158. The van der Waals surface area contributed by atoms with E-state index in [0.717, 1.165) is 25.7 Å². The number of carbonyl (C=O) groups excluding carboxylic acids is 1. The van der Waals surface area contributed by atoms with E-state index in [-0.39, 0.29) is 33.9 Å². The van der Waals surface area contributed by atoms with Crippen molar-refractivity contribution in [3.63, 3.8) is 0 Å². The van der Waals surface area contributed by atoms with E-state index in [1.54, 1.807) is 6.92 Å². The predicted octanol–water partition coefficient (Wildman–Crippen LogP) is 4.08. The number of ether oxygens (including phenoxy) is 1. The van der Waals surface area contributed by atoms with Crippen LogP contribution < -0.4 is 0 Å². The van der Waals surface area contributed by atoms with E-state index < -0.39 is 5.82 Å². The maximum atomic E-state index is 14.2. The molecule has 0 amide bonds. The summed E-state index contributed by atoms with van der Waals surface area (Å²) < 4.78 is 19.5. The molecule has 1 heterocycles. The van der Waals surface area contributed by atoms with Crippen molar-refractivity contribution < 1.29 is 13.9 Å². The molecule has 7 heteroatoms. The second-order valence-corrected chi connectivity index (χ2v) is 7.06. The third kappa shape index (κ3) is 3.31. The highest BCUT2D eigenvalue weighted by Gasteiger charge is 2.48. The molecule has 0 aliphatic heterocycles. The first-order valence-corrected chi connectivity index (χ1v) is 8.80. The standard InChI is InChI=1S/C16H19Cl2FN2O2/c1-2-23-15(22)12-9-5-3-8(4-6-9)10(12)7-11-13(19)14(17)21-16(18)20-11/h8-10,12H,2-7H2,1H3/t8?,9?,10-,12-/m0/s1. The van der Waals surface area contributed by atoms with Gasteiger partial charge in [0.25, 0.3) is 0 Å². The summed E-state index contributed by atoms with van der Waals surface area (Å²) in [5.41, 5.74) is 0.196. The first-order chi connectivity index (χ1) is 11.0. The molecule has 2 atom stereocenters. The van der Waals surface area contributed by atoms with E-state index in [1.807, 2.05) is 0 Å². The minimum absolute atomic E-state index is 0.0260. The molecule has 0 aromatic carbocycles. The molecule has 3 aliphatic rings. The molecule has 3 fully saturated rings. The summed E-state index contributed by atoms with van der Waals surface area (Å²) in [5, 5.41) is -0.339. The predicted molar refractivity (Wildman–Crippen MR) is 84.8 cm³/mol. The largest absolute Gasteiger partial charge is 0.466 e. The van der Waals surface area contributed by atoms with E-state index >= 15 is 0 Å². The molecule has 3 saturated carbocycles. The third-order valence-corrected chi connectivity index (χ3v) is 5.65. The number of nitrogens with zero attached hydrogens (tertiary/aromatic N) is 2. The molecular weight excluding hydrogens is 342 g/mol. The lowest BCUT2D eigenvalue weighted by Crippen LogP contribution is -2.45. The minimum atomic E-state index is -0.639. The maximum Gasteiger partial charge on any atom is 0.309 e. The molecule has 4 rings (SSSR count). The topological polar surface area (TPSA) is 52.1 Å². The number of esters is 1. The number of fused-ring (bicyclic) bond motifs is 3. The molecule has 1 aromatic rings. The Morgan fingerprint density at radius 3 is 2.52 bits per heavy atom. The summed E-state index contributed by atoms with van der Waals surface area (Å²) >= 11 is 11.6. The lowest BCUT2D eigenvalue weighted by Gasteiger charge is -2.47. The average molecular weight is 361 g/mol. The van der Waals surface area contributed by atoms with Crippen LogP contribution in [0.15, 0.2) is 0 Å². The van der Waals surface area contributed by atoms with E-state index in [0.29, 0.717) is 24.9 Å². The van der Waals surface area contributed by atoms with Crippen LogP contribution in [0.3, 0.4) is 0 Å². The summed E-state index contributed by atoms with van der Waals surface area (Å²) in [4.78, 5) is 20.0. The summed E-state index contributed by atoms with van der Waals surface area (Å²) in [5.74, 6) is -0.257.